The van der Waals surface area contributed by atoms with Crippen molar-refractivity contribution in [2.24, 2.45) is 0 Å². The van der Waals surface area contributed by atoms with E-state index in [9.17, 15) is 0 Å². The molecule has 1 heterocycles. The number of rotatable bonds is 6. The fourth-order valence-electron chi connectivity index (χ4n) is 1.29. The molecule has 3 nitrogen and oxygen atoms in total. The molecule has 0 radical (unpaired) electrons. The van der Waals surface area contributed by atoms with Crippen molar-refractivity contribution in [3.63, 3.8) is 0 Å². The monoisotopic (exact) mass is 228 g/mol. The summed E-state index contributed by atoms with van der Waals surface area (Å²) in [6, 6.07) is 1.91. The van der Waals surface area contributed by atoms with Gasteiger partial charge in [-0.05, 0) is 37.9 Å². The number of nitrogens with one attached hydrogen (secondary N) is 1. The number of aliphatic hydroxyl groups excluding tert-OH is 1. The number of aromatic nitrogens is 1. The topological polar surface area (TPSA) is 45.1 Å². The average Bonchev–Trinajstić information content (AvgIpc) is 2.20. The van der Waals surface area contributed by atoms with Gasteiger partial charge < -0.3 is 10.4 Å². The van der Waals surface area contributed by atoms with E-state index in [1.54, 1.807) is 19.3 Å². The van der Waals surface area contributed by atoms with Gasteiger partial charge in [0, 0.05) is 18.9 Å². The Morgan fingerprint density at radius 3 is 3.07 bits per heavy atom. The standard InChI is InChI=1S/C11H17ClN2O/c1-9(15)3-2-5-13-7-10-4-6-14-8-11(10)12/h4,6,8-9,13,15H,2-3,5,7H2,1H3. The van der Waals surface area contributed by atoms with Gasteiger partial charge in [-0.2, -0.15) is 0 Å². The highest BCUT2D eigenvalue weighted by atomic mass is 35.5. The van der Waals surface area contributed by atoms with Crippen LogP contribution in [-0.4, -0.2) is 22.7 Å². The Balaban J connectivity index is 2.18. The summed E-state index contributed by atoms with van der Waals surface area (Å²) >= 11 is 5.95. The summed E-state index contributed by atoms with van der Waals surface area (Å²) in [5, 5.41) is 13.0. The van der Waals surface area contributed by atoms with Crippen LogP contribution in [0.15, 0.2) is 18.5 Å². The summed E-state index contributed by atoms with van der Waals surface area (Å²) < 4.78 is 0. The van der Waals surface area contributed by atoms with Crippen LogP contribution < -0.4 is 5.32 Å². The molecule has 0 fully saturated rings. The molecular formula is C11H17ClN2O. The number of halogens is 1. The number of nitrogens with zero attached hydrogens (tertiary/aromatic N) is 1. The van der Waals surface area contributed by atoms with Crippen molar-refractivity contribution in [1.82, 2.24) is 10.3 Å². The molecule has 1 aromatic rings. The van der Waals surface area contributed by atoms with Crippen molar-refractivity contribution < 1.29 is 5.11 Å². The SMILES string of the molecule is CC(O)CCCNCc1ccncc1Cl. The number of pyridine rings is 1. The van der Waals surface area contributed by atoms with E-state index in [-0.39, 0.29) is 6.10 Å². The van der Waals surface area contributed by atoms with Gasteiger partial charge in [0.15, 0.2) is 0 Å². The molecule has 0 bridgehead atoms. The molecule has 0 aromatic carbocycles. The van der Waals surface area contributed by atoms with E-state index in [1.165, 1.54) is 0 Å². The van der Waals surface area contributed by atoms with Crippen LogP contribution in [0.4, 0.5) is 0 Å². The van der Waals surface area contributed by atoms with E-state index in [0.717, 1.165) is 31.5 Å². The molecule has 0 spiro atoms. The van der Waals surface area contributed by atoms with Crippen LogP contribution in [0.1, 0.15) is 25.3 Å². The lowest BCUT2D eigenvalue weighted by Crippen LogP contribution is -2.16. The van der Waals surface area contributed by atoms with Crippen molar-refractivity contribution in [3.05, 3.63) is 29.0 Å². The molecule has 4 heteroatoms. The van der Waals surface area contributed by atoms with Crippen molar-refractivity contribution in [2.75, 3.05) is 6.54 Å². The predicted octanol–water partition coefficient (Wildman–Crippen LogP) is 1.99. The molecule has 1 aromatic heterocycles. The van der Waals surface area contributed by atoms with Gasteiger partial charge in [0.2, 0.25) is 0 Å². The van der Waals surface area contributed by atoms with Gasteiger partial charge in [-0.15, -0.1) is 0 Å². The molecule has 0 aliphatic heterocycles. The molecule has 1 atom stereocenters. The zero-order valence-corrected chi connectivity index (χ0v) is 9.67. The first-order valence-corrected chi connectivity index (χ1v) is 5.55. The second-order valence-corrected chi connectivity index (χ2v) is 4.04. The van der Waals surface area contributed by atoms with Crippen LogP contribution in [0.2, 0.25) is 5.02 Å². The average molecular weight is 229 g/mol. The first-order valence-electron chi connectivity index (χ1n) is 5.17. The predicted molar refractivity (Wildman–Crippen MR) is 61.9 cm³/mol. The van der Waals surface area contributed by atoms with Gasteiger partial charge in [-0.25, -0.2) is 0 Å². The van der Waals surface area contributed by atoms with Gasteiger partial charge in [0.1, 0.15) is 0 Å². The third kappa shape index (κ3) is 5.11. The van der Waals surface area contributed by atoms with Gasteiger partial charge in [-0.1, -0.05) is 11.6 Å². The van der Waals surface area contributed by atoms with Crippen LogP contribution in [-0.2, 0) is 6.54 Å². The third-order valence-electron chi connectivity index (χ3n) is 2.15. The van der Waals surface area contributed by atoms with Crippen molar-refractivity contribution >= 4 is 11.6 Å². The number of aliphatic hydroxyl groups is 1. The summed E-state index contributed by atoms with van der Waals surface area (Å²) in [5.41, 5.74) is 1.06. The van der Waals surface area contributed by atoms with E-state index in [1.807, 2.05) is 6.07 Å². The Labute approximate surface area is 95.5 Å². The quantitative estimate of drug-likeness (QED) is 0.732. The van der Waals surface area contributed by atoms with Crippen LogP contribution in [0.25, 0.3) is 0 Å². The van der Waals surface area contributed by atoms with Crippen LogP contribution >= 0.6 is 11.6 Å². The molecule has 1 rings (SSSR count). The second-order valence-electron chi connectivity index (χ2n) is 3.64. The minimum atomic E-state index is -0.212. The Bertz CT molecular complexity index is 292. The zero-order valence-electron chi connectivity index (χ0n) is 8.91. The first-order chi connectivity index (χ1) is 7.20. The van der Waals surface area contributed by atoms with Crippen LogP contribution in [0, 0.1) is 0 Å². The summed E-state index contributed by atoms with van der Waals surface area (Å²) in [5.74, 6) is 0. The highest BCUT2D eigenvalue weighted by Gasteiger charge is 1.99. The van der Waals surface area contributed by atoms with Crippen LogP contribution in [0.3, 0.4) is 0 Å². The lowest BCUT2D eigenvalue weighted by atomic mass is 10.2. The highest BCUT2D eigenvalue weighted by Crippen LogP contribution is 2.12. The minimum Gasteiger partial charge on any atom is -0.393 e. The second kappa shape index (κ2) is 6.77. The summed E-state index contributed by atoms with van der Waals surface area (Å²) in [4.78, 5) is 3.92. The Kier molecular flexibility index (Phi) is 5.61. The normalized spacial score (nSPS) is 12.7. The van der Waals surface area contributed by atoms with Crippen molar-refractivity contribution in [3.8, 4) is 0 Å². The number of hydrogen-bond acceptors (Lipinski definition) is 3. The fraction of sp³-hybridized carbons (Fsp3) is 0.545. The lowest BCUT2D eigenvalue weighted by Gasteiger charge is -2.07. The maximum atomic E-state index is 9.06. The molecule has 0 aliphatic carbocycles. The van der Waals surface area contributed by atoms with Crippen molar-refractivity contribution in [1.29, 1.82) is 0 Å². The molecule has 1 unspecified atom stereocenters. The third-order valence-corrected chi connectivity index (χ3v) is 2.49. The van der Waals surface area contributed by atoms with E-state index in [0.29, 0.717) is 5.02 Å². The van der Waals surface area contributed by atoms with Gasteiger partial charge in [0.25, 0.3) is 0 Å². The van der Waals surface area contributed by atoms with Gasteiger partial charge >= 0.3 is 0 Å². The molecule has 0 amide bonds. The van der Waals surface area contributed by atoms with E-state index >= 15 is 0 Å². The first kappa shape index (κ1) is 12.4. The zero-order chi connectivity index (χ0) is 11.1. The molecule has 15 heavy (non-hydrogen) atoms. The fourth-order valence-corrected chi connectivity index (χ4v) is 1.48. The Morgan fingerprint density at radius 1 is 1.60 bits per heavy atom. The summed E-state index contributed by atoms with van der Waals surface area (Å²) in [6.45, 7) is 3.45. The molecule has 84 valence electrons. The van der Waals surface area contributed by atoms with E-state index < -0.39 is 0 Å². The molecule has 0 saturated heterocycles. The summed E-state index contributed by atoms with van der Waals surface area (Å²) in [6.07, 6.45) is 4.97. The Morgan fingerprint density at radius 2 is 2.40 bits per heavy atom. The Hall–Kier alpha value is -0.640. The highest BCUT2D eigenvalue weighted by molar-refractivity contribution is 6.31. The van der Waals surface area contributed by atoms with Crippen LogP contribution in [0.5, 0.6) is 0 Å². The lowest BCUT2D eigenvalue weighted by molar-refractivity contribution is 0.181. The smallest absolute Gasteiger partial charge is 0.0634 e. The maximum Gasteiger partial charge on any atom is 0.0634 e. The molecule has 2 N–H and O–H groups in total. The molecule has 0 saturated carbocycles. The van der Waals surface area contributed by atoms with Crippen molar-refractivity contribution in [2.45, 2.75) is 32.4 Å². The molecular weight excluding hydrogens is 212 g/mol. The number of hydrogen-bond donors (Lipinski definition) is 2. The summed E-state index contributed by atoms with van der Waals surface area (Å²) in [7, 11) is 0. The largest absolute Gasteiger partial charge is 0.393 e. The maximum absolute atomic E-state index is 9.06. The van der Waals surface area contributed by atoms with Gasteiger partial charge in [-0.3, -0.25) is 4.98 Å². The van der Waals surface area contributed by atoms with E-state index in [2.05, 4.69) is 10.3 Å². The minimum absolute atomic E-state index is 0.212. The van der Waals surface area contributed by atoms with E-state index in [4.69, 9.17) is 16.7 Å². The van der Waals surface area contributed by atoms with Gasteiger partial charge in [0.05, 0.1) is 11.1 Å². The molecule has 0 aliphatic rings.